The number of fused-ring (bicyclic) bond motifs is 1. The molecule has 2 heteroatoms. The summed E-state index contributed by atoms with van der Waals surface area (Å²) in [5.74, 6) is 1.38. The first kappa shape index (κ1) is 13.7. The Labute approximate surface area is 112 Å². The third-order valence-corrected chi connectivity index (χ3v) is 5.78. The fourth-order valence-corrected chi connectivity index (χ4v) is 4.60. The first-order valence-corrected chi connectivity index (χ1v) is 8.87. The van der Waals surface area contributed by atoms with E-state index < -0.39 is 0 Å². The average molecular weight is 255 g/mol. The van der Waals surface area contributed by atoms with E-state index >= 15 is 0 Å². The van der Waals surface area contributed by atoms with E-state index in [1.54, 1.807) is 0 Å². The van der Waals surface area contributed by atoms with Crippen LogP contribution in [0.25, 0.3) is 0 Å². The summed E-state index contributed by atoms with van der Waals surface area (Å²) in [6.07, 6.45) is 16.1. The van der Waals surface area contributed by atoms with E-state index in [4.69, 9.17) is 0 Å². The van der Waals surface area contributed by atoms with E-state index in [1.807, 2.05) is 0 Å². The Morgan fingerprint density at radius 2 is 1.35 bits per heavy atom. The van der Waals surface area contributed by atoms with E-state index in [9.17, 15) is 0 Å². The summed E-state index contributed by atoms with van der Waals surface area (Å²) in [5, 5.41) is 4.73. The molecule has 0 spiro atoms. The summed E-state index contributed by atoms with van der Waals surface area (Å²) < 4.78 is 0. The predicted molar refractivity (Wildman–Crippen MR) is 78.8 cm³/mol. The zero-order chi connectivity index (χ0) is 11.8. The molecule has 2 fully saturated rings. The Bertz CT molecular complexity index is 175. The largest absolute Gasteiger partial charge is 0.313 e. The lowest BCUT2D eigenvalue weighted by molar-refractivity contribution is 0.419. The van der Waals surface area contributed by atoms with Gasteiger partial charge in [-0.1, -0.05) is 51.4 Å². The van der Waals surface area contributed by atoms with Crippen molar-refractivity contribution in [3.8, 4) is 0 Å². The Hall–Kier alpha value is 0.310. The van der Waals surface area contributed by atoms with Crippen molar-refractivity contribution in [2.45, 2.75) is 81.9 Å². The lowest BCUT2D eigenvalue weighted by Crippen LogP contribution is -2.37. The zero-order valence-corrected chi connectivity index (χ0v) is 12.1. The summed E-state index contributed by atoms with van der Waals surface area (Å²) in [7, 11) is 0. The van der Waals surface area contributed by atoms with E-state index in [-0.39, 0.29) is 0 Å². The van der Waals surface area contributed by atoms with Crippen LogP contribution in [0.15, 0.2) is 0 Å². The zero-order valence-electron chi connectivity index (χ0n) is 11.3. The lowest BCUT2D eigenvalue weighted by atomic mass is 9.97. The molecule has 2 unspecified atom stereocenters. The highest BCUT2D eigenvalue weighted by Gasteiger charge is 2.23. The summed E-state index contributed by atoms with van der Waals surface area (Å²) in [4.78, 5) is 0. The fraction of sp³-hybridized carbons (Fsp3) is 1.00. The maximum Gasteiger partial charge on any atom is 0.0201 e. The minimum Gasteiger partial charge on any atom is -0.313 e. The highest BCUT2D eigenvalue weighted by molar-refractivity contribution is 7.99. The lowest BCUT2D eigenvalue weighted by Gasteiger charge is -2.26. The predicted octanol–water partition coefficient (Wildman–Crippen LogP) is 4.36. The van der Waals surface area contributed by atoms with Crippen molar-refractivity contribution in [2.75, 3.05) is 12.3 Å². The maximum absolute atomic E-state index is 3.81. The van der Waals surface area contributed by atoms with Gasteiger partial charge in [-0.05, 0) is 31.6 Å². The second-order valence-electron chi connectivity index (χ2n) is 5.73. The molecule has 1 aliphatic carbocycles. The minimum absolute atomic E-state index is 0.821. The van der Waals surface area contributed by atoms with Crippen molar-refractivity contribution >= 4 is 11.8 Å². The van der Waals surface area contributed by atoms with E-state index in [0.717, 1.165) is 11.3 Å². The van der Waals surface area contributed by atoms with Crippen LogP contribution < -0.4 is 5.32 Å². The molecule has 0 aromatic rings. The molecule has 2 atom stereocenters. The first-order chi connectivity index (χ1) is 8.47. The third kappa shape index (κ3) is 5.21. The van der Waals surface area contributed by atoms with Gasteiger partial charge in [0.15, 0.2) is 0 Å². The molecule has 2 rings (SSSR count). The first-order valence-electron chi connectivity index (χ1n) is 7.82. The van der Waals surface area contributed by atoms with Crippen molar-refractivity contribution in [3.63, 3.8) is 0 Å². The molecule has 1 saturated heterocycles. The third-order valence-electron chi connectivity index (χ3n) is 4.26. The molecule has 1 aliphatic heterocycles. The normalized spacial score (nSPS) is 33.9. The van der Waals surface area contributed by atoms with Crippen molar-refractivity contribution in [1.82, 2.24) is 5.32 Å². The topological polar surface area (TPSA) is 12.0 Å². The second-order valence-corrected chi connectivity index (χ2v) is 7.08. The van der Waals surface area contributed by atoms with Crippen LogP contribution in [-0.4, -0.2) is 23.6 Å². The summed E-state index contributed by atoms with van der Waals surface area (Å²) in [6.45, 7) is 1.26. The molecule has 1 heterocycles. The molecule has 0 aromatic heterocycles. The quantitative estimate of drug-likeness (QED) is 0.690. The highest BCUT2D eigenvalue weighted by atomic mass is 32.2. The molecule has 0 bridgehead atoms. The van der Waals surface area contributed by atoms with Gasteiger partial charge in [-0.3, -0.25) is 0 Å². The van der Waals surface area contributed by atoms with Gasteiger partial charge in [0.1, 0.15) is 0 Å². The number of hydrogen-bond acceptors (Lipinski definition) is 2. The Morgan fingerprint density at radius 3 is 2.12 bits per heavy atom. The number of rotatable bonds is 0. The van der Waals surface area contributed by atoms with Gasteiger partial charge in [0.2, 0.25) is 0 Å². The monoisotopic (exact) mass is 255 g/mol. The molecule has 0 amide bonds. The molecule has 0 aromatic carbocycles. The van der Waals surface area contributed by atoms with Gasteiger partial charge in [-0.15, -0.1) is 0 Å². The highest BCUT2D eigenvalue weighted by Crippen LogP contribution is 2.28. The molecule has 0 radical (unpaired) electrons. The van der Waals surface area contributed by atoms with Gasteiger partial charge in [0.25, 0.3) is 0 Å². The smallest absolute Gasteiger partial charge is 0.0201 e. The van der Waals surface area contributed by atoms with E-state index in [0.29, 0.717) is 0 Å². The Morgan fingerprint density at radius 1 is 0.706 bits per heavy atom. The molecular formula is C15H29NS. The molecule has 1 saturated carbocycles. The molecule has 1 N–H and O–H groups in total. The van der Waals surface area contributed by atoms with E-state index in [2.05, 4.69) is 17.1 Å². The second kappa shape index (κ2) is 8.42. The van der Waals surface area contributed by atoms with Crippen LogP contribution in [-0.2, 0) is 0 Å². The molecular weight excluding hydrogens is 226 g/mol. The SMILES string of the molecule is C1CCCCCC2SCCCNC2CCCC1. The van der Waals surface area contributed by atoms with E-state index in [1.165, 1.54) is 82.9 Å². The molecule has 2 aliphatic rings. The summed E-state index contributed by atoms with van der Waals surface area (Å²) in [5.41, 5.74) is 0. The van der Waals surface area contributed by atoms with Gasteiger partial charge in [0, 0.05) is 11.3 Å². The maximum atomic E-state index is 3.81. The van der Waals surface area contributed by atoms with Crippen LogP contribution in [0.2, 0.25) is 0 Å². The number of hydrogen-bond donors (Lipinski definition) is 1. The molecule has 17 heavy (non-hydrogen) atoms. The van der Waals surface area contributed by atoms with Gasteiger partial charge < -0.3 is 5.32 Å². The Balaban J connectivity index is 1.83. The van der Waals surface area contributed by atoms with Crippen LogP contribution in [0.1, 0.15) is 70.6 Å². The van der Waals surface area contributed by atoms with Crippen molar-refractivity contribution in [3.05, 3.63) is 0 Å². The van der Waals surface area contributed by atoms with Gasteiger partial charge in [-0.2, -0.15) is 11.8 Å². The standard InChI is InChI=1S/C15H29NS/c1-2-4-6-8-11-15-14(10-7-5-3-1)16-12-9-13-17-15/h14-16H,1-13H2. The van der Waals surface area contributed by atoms with Crippen molar-refractivity contribution in [1.29, 1.82) is 0 Å². The number of nitrogens with one attached hydrogen (secondary N) is 1. The van der Waals surface area contributed by atoms with Crippen LogP contribution in [0.3, 0.4) is 0 Å². The average Bonchev–Trinajstić information content (AvgIpc) is 2.55. The van der Waals surface area contributed by atoms with Crippen molar-refractivity contribution < 1.29 is 0 Å². The van der Waals surface area contributed by atoms with Gasteiger partial charge >= 0.3 is 0 Å². The number of thioether (sulfide) groups is 1. The van der Waals surface area contributed by atoms with Gasteiger partial charge in [-0.25, -0.2) is 0 Å². The van der Waals surface area contributed by atoms with Crippen LogP contribution in [0.4, 0.5) is 0 Å². The molecule has 1 nitrogen and oxygen atoms in total. The summed E-state index contributed by atoms with van der Waals surface area (Å²) >= 11 is 2.26. The van der Waals surface area contributed by atoms with Gasteiger partial charge in [0.05, 0.1) is 0 Å². The van der Waals surface area contributed by atoms with Crippen LogP contribution >= 0.6 is 11.8 Å². The fourth-order valence-electron chi connectivity index (χ4n) is 3.18. The van der Waals surface area contributed by atoms with Crippen molar-refractivity contribution in [2.24, 2.45) is 0 Å². The van der Waals surface area contributed by atoms with Crippen LogP contribution in [0, 0.1) is 0 Å². The Kier molecular flexibility index (Phi) is 6.80. The summed E-state index contributed by atoms with van der Waals surface area (Å²) in [6, 6.07) is 0.821. The minimum atomic E-state index is 0.821. The van der Waals surface area contributed by atoms with Crippen LogP contribution in [0.5, 0.6) is 0 Å². The molecule has 100 valence electrons.